The minimum absolute atomic E-state index is 0.108. The van der Waals surface area contributed by atoms with Gasteiger partial charge in [-0.3, -0.25) is 0 Å². The maximum Gasteiger partial charge on any atom is 0.434 e. The largest absolute Gasteiger partial charge is 0.474 e. The molecule has 0 saturated heterocycles. The van der Waals surface area contributed by atoms with Gasteiger partial charge in [-0.2, -0.15) is 13.2 Å². The van der Waals surface area contributed by atoms with Crippen LogP contribution in [0.2, 0.25) is 0 Å². The number of fused-ring (bicyclic) bond motifs is 1. The number of nitrogens with one attached hydrogen (secondary N) is 1. The molecule has 4 heterocycles. The number of aryl methyl sites for hydroxylation is 1. The number of hydrogen-bond donors (Lipinski definition) is 2. The maximum absolute atomic E-state index is 13.1. The molecule has 1 aromatic carbocycles. The number of H-pyrrole nitrogens is 1. The summed E-state index contributed by atoms with van der Waals surface area (Å²) in [4.78, 5) is 25.1. The Morgan fingerprint density at radius 2 is 1.82 bits per heavy atom. The Morgan fingerprint density at radius 1 is 1.07 bits per heavy atom. The Hall–Kier alpha value is -4.32. The van der Waals surface area contributed by atoms with Crippen molar-refractivity contribution in [3.8, 4) is 28.7 Å². The van der Waals surface area contributed by atoms with Crippen molar-refractivity contribution >= 4 is 11.0 Å². The van der Waals surface area contributed by atoms with Crippen LogP contribution in [0.3, 0.4) is 0 Å². The molecule has 1 fully saturated rings. The highest BCUT2D eigenvalue weighted by atomic mass is 19.4. The van der Waals surface area contributed by atoms with Crippen molar-refractivity contribution in [2.24, 2.45) is 7.05 Å². The fraction of sp³-hybridized carbons (Fsp3) is 0.321. The van der Waals surface area contributed by atoms with E-state index in [1.807, 2.05) is 13.8 Å². The number of aliphatic hydroxyl groups is 1. The lowest BCUT2D eigenvalue weighted by molar-refractivity contribution is -0.140. The van der Waals surface area contributed by atoms with Gasteiger partial charge in [-0.15, -0.1) is 0 Å². The standard InChI is InChI=1S/C28H26F3N7O2/c1-14(2)40-27-21(22(15-4-5-15)34-13-35-27)25-33-11-19-23(37-25)18(10-32-19)24(39)16-6-8-17(9-7-16)26-36-20(12-38(26)3)28(29,30)31/h6-15,24,32,39H,4-5H2,1-3H3. The summed E-state index contributed by atoms with van der Waals surface area (Å²) in [7, 11) is 1.51. The van der Waals surface area contributed by atoms with Gasteiger partial charge in [0.25, 0.3) is 0 Å². The number of rotatable bonds is 7. The summed E-state index contributed by atoms with van der Waals surface area (Å²) >= 11 is 0. The van der Waals surface area contributed by atoms with Crippen molar-refractivity contribution in [2.45, 2.75) is 51.0 Å². The number of aliphatic hydroxyl groups excluding tert-OH is 1. The number of hydrogen-bond acceptors (Lipinski definition) is 7. The third kappa shape index (κ3) is 4.79. The molecule has 40 heavy (non-hydrogen) atoms. The van der Waals surface area contributed by atoms with Gasteiger partial charge >= 0.3 is 6.18 Å². The summed E-state index contributed by atoms with van der Waals surface area (Å²) in [6.45, 7) is 3.84. The third-order valence-electron chi connectivity index (χ3n) is 6.77. The summed E-state index contributed by atoms with van der Waals surface area (Å²) in [6, 6.07) is 6.59. The van der Waals surface area contributed by atoms with Gasteiger partial charge in [0.15, 0.2) is 11.5 Å². The summed E-state index contributed by atoms with van der Waals surface area (Å²) in [5.74, 6) is 1.30. The highest BCUT2D eigenvalue weighted by Crippen LogP contribution is 2.45. The van der Waals surface area contributed by atoms with E-state index < -0.39 is 18.0 Å². The molecule has 6 rings (SSSR count). The zero-order valence-corrected chi connectivity index (χ0v) is 21.9. The van der Waals surface area contributed by atoms with Crippen LogP contribution in [0.4, 0.5) is 13.2 Å². The van der Waals surface area contributed by atoms with Crippen LogP contribution in [0.1, 0.15) is 61.2 Å². The second kappa shape index (κ2) is 9.70. The van der Waals surface area contributed by atoms with E-state index in [9.17, 15) is 18.3 Å². The smallest absolute Gasteiger partial charge is 0.434 e. The quantitative estimate of drug-likeness (QED) is 0.272. The normalized spacial score (nSPS) is 14.7. The van der Waals surface area contributed by atoms with Crippen LogP contribution >= 0.6 is 0 Å². The average Bonchev–Trinajstić information content (AvgIpc) is 3.56. The molecular weight excluding hydrogens is 523 g/mol. The molecule has 0 radical (unpaired) electrons. The zero-order chi connectivity index (χ0) is 28.2. The van der Waals surface area contributed by atoms with Crippen molar-refractivity contribution in [2.75, 3.05) is 0 Å². The maximum atomic E-state index is 13.1. The number of imidazole rings is 1. The van der Waals surface area contributed by atoms with E-state index in [4.69, 9.17) is 9.72 Å². The van der Waals surface area contributed by atoms with Gasteiger partial charge in [-0.25, -0.2) is 24.9 Å². The second-order valence-electron chi connectivity index (χ2n) is 10.2. The Balaban J connectivity index is 1.35. The second-order valence-corrected chi connectivity index (χ2v) is 10.2. The number of ether oxygens (including phenoxy) is 1. The minimum Gasteiger partial charge on any atom is -0.474 e. The lowest BCUT2D eigenvalue weighted by Gasteiger charge is -2.15. The van der Waals surface area contributed by atoms with E-state index in [1.165, 1.54) is 17.9 Å². The molecule has 206 valence electrons. The molecule has 1 atom stereocenters. The number of benzene rings is 1. The Morgan fingerprint density at radius 3 is 2.48 bits per heavy atom. The first-order valence-electron chi connectivity index (χ1n) is 12.8. The first-order valence-corrected chi connectivity index (χ1v) is 12.8. The molecule has 1 unspecified atom stereocenters. The third-order valence-corrected chi connectivity index (χ3v) is 6.77. The average molecular weight is 550 g/mol. The molecule has 5 aromatic rings. The molecule has 1 saturated carbocycles. The minimum atomic E-state index is -4.53. The SMILES string of the molecule is CC(C)Oc1ncnc(C2CC2)c1-c1ncc2[nH]cc(C(O)c3ccc(-c4nc(C(F)(F)F)cn4C)cc3)c2n1. The number of nitrogens with zero attached hydrogens (tertiary/aromatic N) is 6. The molecular formula is C28H26F3N7O2. The monoisotopic (exact) mass is 549 g/mol. The van der Waals surface area contributed by atoms with Crippen molar-refractivity contribution < 1.29 is 23.0 Å². The first-order chi connectivity index (χ1) is 19.1. The van der Waals surface area contributed by atoms with E-state index in [1.54, 1.807) is 36.7 Å². The van der Waals surface area contributed by atoms with Crippen molar-refractivity contribution in [1.29, 1.82) is 0 Å². The number of aromatic amines is 1. The molecule has 0 spiro atoms. The van der Waals surface area contributed by atoms with Crippen LogP contribution < -0.4 is 4.74 Å². The predicted molar refractivity (Wildman–Crippen MR) is 140 cm³/mol. The number of halogens is 3. The van der Waals surface area contributed by atoms with Crippen LogP contribution in [0.15, 0.2) is 49.2 Å². The Kier molecular flexibility index (Phi) is 6.29. The van der Waals surface area contributed by atoms with E-state index in [2.05, 4.69) is 24.9 Å². The van der Waals surface area contributed by atoms with E-state index >= 15 is 0 Å². The van der Waals surface area contributed by atoms with E-state index in [-0.39, 0.29) is 11.9 Å². The molecule has 0 amide bonds. The molecule has 2 N–H and O–H groups in total. The van der Waals surface area contributed by atoms with Gasteiger partial charge in [-0.1, -0.05) is 24.3 Å². The van der Waals surface area contributed by atoms with Crippen molar-refractivity contribution in [1.82, 2.24) is 34.5 Å². The fourth-order valence-electron chi connectivity index (χ4n) is 4.70. The van der Waals surface area contributed by atoms with Crippen molar-refractivity contribution in [3.63, 3.8) is 0 Å². The van der Waals surface area contributed by atoms with Crippen LogP contribution in [0.5, 0.6) is 5.88 Å². The van der Waals surface area contributed by atoms with Crippen LogP contribution in [-0.2, 0) is 13.2 Å². The first kappa shape index (κ1) is 25.9. The van der Waals surface area contributed by atoms with Crippen LogP contribution in [0.25, 0.3) is 33.8 Å². The number of aromatic nitrogens is 7. The molecule has 12 heteroatoms. The Bertz CT molecular complexity index is 1690. The lowest BCUT2D eigenvalue weighted by Crippen LogP contribution is -2.10. The summed E-state index contributed by atoms with van der Waals surface area (Å²) in [6.07, 6.45) is 2.12. The molecule has 1 aliphatic rings. The van der Waals surface area contributed by atoms with Gasteiger partial charge in [0.05, 0.1) is 29.0 Å². The summed E-state index contributed by atoms with van der Waals surface area (Å²) in [5.41, 5.74) is 3.27. The molecule has 1 aliphatic carbocycles. The highest BCUT2D eigenvalue weighted by Gasteiger charge is 2.35. The lowest BCUT2D eigenvalue weighted by atomic mass is 10.0. The van der Waals surface area contributed by atoms with Gasteiger partial charge in [0.1, 0.15) is 23.8 Å². The topological polar surface area (TPSA) is 115 Å². The predicted octanol–water partition coefficient (Wildman–Crippen LogP) is 5.58. The Labute approximate surface area is 227 Å². The summed E-state index contributed by atoms with van der Waals surface area (Å²) < 4.78 is 46.6. The molecule has 0 aliphatic heterocycles. The zero-order valence-electron chi connectivity index (χ0n) is 21.9. The summed E-state index contributed by atoms with van der Waals surface area (Å²) in [5, 5.41) is 11.3. The molecule has 4 aromatic heterocycles. The van der Waals surface area contributed by atoms with Crippen LogP contribution in [-0.4, -0.2) is 45.7 Å². The molecule has 0 bridgehead atoms. The molecule has 9 nitrogen and oxygen atoms in total. The van der Waals surface area contributed by atoms with Crippen molar-refractivity contribution in [3.05, 3.63) is 71.7 Å². The van der Waals surface area contributed by atoms with E-state index in [0.717, 1.165) is 24.7 Å². The van der Waals surface area contributed by atoms with Gasteiger partial charge < -0.3 is 19.4 Å². The van der Waals surface area contributed by atoms with Gasteiger partial charge in [0, 0.05) is 36.5 Å². The fourth-order valence-corrected chi connectivity index (χ4v) is 4.70. The number of alkyl halides is 3. The van der Waals surface area contributed by atoms with Gasteiger partial charge in [-0.05, 0) is 32.3 Å². The van der Waals surface area contributed by atoms with E-state index in [0.29, 0.717) is 50.9 Å². The highest BCUT2D eigenvalue weighted by molar-refractivity contribution is 5.82. The van der Waals surface area contributed by atoms with Crippen LogP contribution in [0, 0.1) is 0 Å². The van der Waals surface area contributed by atoms with Gasteiger partial charge in [0.2, 0.25) is 5.88 Å².